The number of nitrogens with zero attached hydrogens (tertiary/aromatic N) is 2. The molecule has 2 N–H and O–H groups in total. The number of methoxy groups -OCH3 is 1. The number of aromatic nitrogens is 1. The lowest BCUT2D eigenvalue weighted by Gasteiger charge is -2.36. The van der Waals surface area contributed by atoms with Gasteiger partial charge in [-0.3, -0.25) is 9.10 Å². The van der Waals surface area contributed by atoms with Gasteiger partial charge >= 0.3 is 6.18 Å². The predicted octanol–water partition coefficient (Wildman–Crippen LogP) is 3.37. The third-order valence-electron chi connectivity index (χ3n) is 5.82. The number of halogens is 4. The number of rotatable bonds is 7. The fourth-order valence-electron chi connectivity index (χ4n) is 3.85. The first-order valence-corrected chi connectivity index (χ1v) is 12.9. The van der Waals surface area contributed by atoms with Crippen molar-refractivity contribution >= 4 is 21.6 Å². The van der Waals surface area contributed by atoms with E-state index in [0.717, 1.165) is 28.6 Å². The van der Waals surface area contributed by atoms with Crippen LogP contribution in [0.4, 0.5) is 23.2 Å². The maximum atomic E-state index is 14.0. The topological polar surface area (TPSA) is 118 Å². The molecule has 0 bridgehead atoms. The number of fused-ring (bicyclic) bond motifs is 1. The lowest BCUT2D eigenvalue weighted by Crippen LogP contribution is -2.49. The molecule has 9 nitrogen and oxygen atoms in total. The number of hydrogen-bond acceptors (Lipinski definition) is 7. The SMILES string of the molecule is COc1cc(S(=O)(=O)N2C[C@H](CNC(=O)[C@@H](C)O)Oc3ccc(-c4cccc(C(F)(F)F)n4)cc32)ccc1F. The molecule has 39 heavy (non-hydrogen) atoms. The van der Waals surface area contributed by atoms with Crippen LogP contribution >= 0.6 is 0 Å². The van der Waals surface area contributed by atoms with Crippen molar-refractivity contribution < 1.29 is 45.4 Å². The van der Waals surface area contributed by atoms with Crippen molar-refractivity contribution in [1.29, 1.82) is 0 Å². The Morgan fingerprint density at radius 2 is 1.97 bits per heavy atom. The van der Waals surface area contributed by atoms with Crippen LogP contribution in [0.3, 0.4) is 0 Å². The Hall–Kier alpha value is -3.91. The number of carbonyl (C=O) groups is 1. The normalized spacial score (nSPS) is 16.2. The molecule has 1 aromatic heterocycles. The Bertz CT molecular complexity index is 1500. The van der Waals surface area contributed by atoms with Gasteiger partial charge in [0.1, 0.15) is 23.7 Å². The van der Waals surface area contributed by atoms with E-state index in [1.54, 1.807) is 0 Å². The molecular formula is C25H23F4N3O6S. The summed E-state index contributed by atoms with van der Waals surface area (Å²) < 4.78 is 92.9. The highest BCUT2D eigenvalue weighted by Crippen LogP contribution is 2.40. The van der Waals surface area contributed by atoms with Gasteiger partial charge in [0.05, 0.1) is 36.5 Å². The Labute approximate surface area is 221 Å². The number of sulfonamides is 1. The summed E-state index contributed by atoms with van der Waals surface area (Å²) in [6.07, 6.45) is -6.90. The van der Waals surface area contributed by atoms with Gasteiger partial charge in [0, 0.05) is 11.6 Å². The molecule has 0 radical (unpaired) electrons. The minimum Gasteiger partial charge on any atom is -0.494 e. The van der Waals surface area contributed by atoms with Crippen molar-refractivity contribution in [2.75, 3.05) is 24.5 Å². The number of nitrogens with one attached hydrogen (secondary N) is 1. The van der Waals surface area contributed by atoms with Crippen LogP contribution in [-0.2, 0) is 21.0 Å². The number of aliphatic hydroxyl groups is 1. The van der Waals surface area contributed by atoms with Gasteiger partial charge < -0.3 is 19.9 Å². The molecule has 1 amide bonds. The van der Waals surface area contributed by atoms with E-state index in [0.29, 0.717) is 0 Å². The number of carbonyl (C=O) groups excluding carboxylic acids is 1. The molecule has 1 aliphatic heterocycles. The molecule has 1 aliphatic rings. The summed E-state index contributed by atoms with van der Waals surface area (Å²) in [5.74, 6) is -1.73. The Morgan fingerprint density at radius 3 is 2.64 bits per heavy atom. The first kappa shape index (κ1) is 28.1. The maximum absolute atomic E-state index is 14.0. The second-order valence-electron chi connectivity index (χ2n) is 8.58. The molecule has 3 aromatic rings. The second-order valence-corrected chi connectivity index (χ2v) is 10.4. The fraction of sp³-hybridized carbons (Fsp3) is 0.280. The number of alkyl halides is 3. The summed E-state index contributed by atoms with van der Waals surface area (Å²) in [4.78, 5) is 15.2. The third-order valence-corrected chi connectivity index (χ3v) is 7.60. The molecular weight excluding hydrogens is 546 g/mol. The summed E-state index contributed by atoms with van der Waals surface area (Å²) in [5.41, 5.74) is -1.00. The number of pyridine rings is 1. The molecule has 2 aromatic carbocycles. The molecule has 2 heterocycles. The van der Waals surface area contributed by atoms with E-state index in [4.69, 9.17) is 9.47 Å². The Morgan fingerprint density at radius 1 is 1.23 bits per heavy atom. The van der Waals surface area contributed by atoms with E-state index in [-0.39, 0.29) is 46.4 Å². The number of ether oxygens (including phenoxy) is 2. The predicted molar refractivity (Wildman–Crippen MR) is 131 cm³/mol. The lowest BCUT2D eigenvalue weighted by atomic mass is 10.1. The fourth-order valence-corrected chi connectivity index (χ4v) is 5.36. The zero-order valence-electron chi connectivity index (χ0n) is 20.6. The van der Waals surface area contributed by atoms with E-state index in [9.17, 15) is 35.9 Å². The van der Waals surface area contributed by atoms with Gasteiger partial charge in [0.2, 0.25) is 5.91 Å². The largest absolute Gasteiger partial charge is 0.494 e. The van der Waals surface area contributed by atoms with E-state index in [1.165, 1.54) is 44.4 Å². The van der Waals surface area contributed by atoms with Gasteiger partial charge in [-0.25, -0.2) is 17.8 Å². The van der Waals surface area contributed by atoms with E-state index in [1.807, 2.05) is 0 Å². The van der Waals surface area contributed by atoms with Gasteiger partial charge in [0.25, 0.3) is 10.0 Å². The highest BCUT2D eigenvalue weighted by atomic mass is 32.2. The number of aliphatic hydroxyl groups excluding tert-OH is 1. The monoisotopic (exact) mass is 569 g/mol. The van der Waals surface area contributed by atoms with Crippen molar-refractivity contribution in [3.8, 4) is 22.8 Å². The Kier molecular flexibility index (Phi) is 7.70. The number of hydrogen-bond donors (Lipinski definition) is 2. The average Bonchev–Trinajstić information content (AvgIpc) is 2.90. The van der Waals surface area contributed by atoms with Crippen molar-refractivity contribution in [3.63, 3.8) is 0 Å². The summed E-state index contributed by atoms with van der Waals surface area (Å²) in [6, 6.07) is 10.4. The van der Waals surface area contributed by atoms with Gasteiger partial charge in [-0.1, -0.05) is 6.07 Å². The first-order valence-electron chi connectivity index (χ1n) is 11.5. The van der Waals surface area contributed by atoms with Crippen LogP contribution in [0.25, 0.3) is 11.3 Å². The minimum absolute atomic E-state index is 0.00638. The molecule has 0 saturated heterocycles. The van der Waals surface area contributed by atoms with Crippen LogP contribution in [-0.4, -0.2) is 56.8 Å². The summed E-state index contributed by atoms with van der Waals surface area (Å²) in [7, 11) is -3.22. The van der Waals surface area contributed by atoms with Gasteiger partial charge in [-0.05, 0) is 49.4 Å². The van der Waals surface area contributed by atoms with Crippen molar-refractivity contribution in [2.24, 2.45) is 0 Å². The minimum atomic E-state index is -4.69. The van der Waals surface area contributed by atoms with Crippen molar-refractivity contribution in [3.05, 3.63) is 66.1 Å². The molecule has 0 saturated carbocycles. The van der Waals surface area contributed by atoms with E-state index in [2.05, 4.69) is 10.3 Å². The third kappa shape index (κ3) is 5.91. The van der Waals surface area contributed by atoms with Crippen LogP contribution in [0.2, 0.25) is 0 Å². The first-order chi connectivity index (χ1) is 18.3. The van der Waals surface area contributed by atoms with Gasteiger partial charge in [-0.15, -0.1) is 0 Å². The quantitative estimate of drug-likeness (QED) is 0.419. The number of amides is 1. The number of benzene rings is 2. The highest BCUT2D eigenvalue weighted by Gasteiger charge is 2.36. The molecule has 14 heteroatoms. The highest BCUT2D eigenvalue weighted by molar-refractivity contribution is 7.92. The maximum Gasteiger partial charge on any atom is 0.433 e. The molecule has 208 valence electrons. The van der Waals surface area contributed by atoms with Crippen molar-refractivity contribution in [2.45, 2.75) is 30.2 Å². The summed E-state index contributed by atoms with van der Waals surface area (Å²) >= 11 is 0. The standard InChI is InChI=1S/C25H23F4N3O6S/c1-14(33)24(34)30-12-16-13-32(39(35,36)17-7-8-18(26)22(11-17)37-2)20-10-15(6-9-21(20)38-16)19-4-3-5-23(31-19)25(27,28)29/h3-11,14,16,33H,12-13H2,1-2H3,(H,30,34)/t14-,16+/m1/s1. The molecule has 0 unspecified atom stereocenters. The molecule has 0 fully saturated rings. The average molecular weight is 570 g/mol. The van der Waals surface area contributed by atoms with Gasteiger partial charge in [-0.2, -0.15) is 13.2 Å². The van der Waals surface area contributed by atoms with Gasteiger partial charge in [0.15, 0.2) is 11.6 Å². The van der Waals surface area contributed by atoms with Crippen LogP contribution in [0, 0.1) is 5.82 Å². The zero-order valence-corrected chi connectivity index (χ0v) is 21.4. The molecule has 2 atom stereocenters. The van der Waals surface area contributed by atoms with E-state index < -0.39 is 45.8 Å². The molecule has 0 spiro atoms. The van der Waals surface area contributed by atoms with E-state index >= 15 is 0 Å². The van der Waals surface area contributed by atoms with Crippen LogP contribution in [0.5, 0.6) is 11.5 Å². The summed E-state index contributed by atoms with van der Waals surface area (Å²) in [6.45, 7) is 0.766. The molecule has 4 rings (SSSR count). The van der Waals surface area contributed by atoms with Crippen LogP contribution < -0.4 is 19.1 Å². The van der Waals surface area contributed by atoms with Crippen LogP contribution in [0.1, 0.15) is 12.6 Å². The number of anilines is 1. The zero-order chi connectivity index (χ0) is 28.5. The smallest absolute Gasteiger partial charge is 0.433 e. The summed E-state index contributed by atoms with van der Waals surface area (Å²) in [5, 5.41) is 11.9. The molecule has 0 aliphatic carbocycles. The Balaban J connectivity index is 1.79. The lowest BCUT2D eigenvalue weighted by molar-refractivity contribution is -0.141. The second kappa shape index (κ2) is 10.7. The van der Waals surface area contributed by atoms with Crippen molar-refractivity contribution in [1.82, 2.24) is 10.3 Å². The van der Waals surface area contributed by atoms with Crippen LogP contribution in [0.15, 0.2) is 59.5 Å².